The maximum atomic E-state index is 12.3. The zero-order chi connectivity index (χ0) is 20.4. The molecule has 1 aliphatic rings. The van der Waals surface area contributed by atoms with Crippen molar-refractivity contribution in [1.29, 1.82) is 0 Å². The molecule has 1 fully saturated rings. The number of amides is 1. The highest BCUT2D eigenvalue weighted by Gasteiger charge is 2.32. The van der Waals surface area contributed by atoms with Crippen LogP contribution < -0.4 is 10.6 Å². The van der Waals surface area contributed by atoms with Crippen molar-refractivity contribution in [2.75, 3.05) is 10.6 Å². The molecule has 2 aromatic carbocycles. The molecule has 1 aliphatic carbocycles. The van der Waals surface area contributed by atoms with Crippen LogP contribution in [-0.2, 0) is 14.4 Å². The third kappa shape index (κ3) is 4.48. The van der Waals surface area contributed by atoms with E-state index in [1.54, 1.807) is 18.2 Å². The van der Waals surface area contributed by atoms with Crippen LogP contribution >= 0.6 is 15.9 Å². The van der Waals surface area contributed by atoms with Crippen LogP contribution in [0.1, 0.15) is 19.3 Å². The molecule has 7 nitrogen and oxygen atoms in total. The summed E-state index contributed by atoms with van der Waals surface area (Å²) in [6, 6.07) is 13.0. The van der Waals surface area contributed by atoms with Gasteiger partial charge in [0.2, 0.25) is 5.91 Å². The van der Waals surface area contributed by atoms with Crippen LogP contribution in [-0.4, -0.2) is 27.4 Å². The number of Topliss-reactive ketones (excluding diaryl/α,β-unsaturated/α-hetero) is 2. The quantitative estimate of drug-likeness (QED) is 0.567. The number of nitrogens with one attached hydrogen (secondary N) is 2. The van der Waals surface area contributed by atoms with Gasteiger partial charge in [0.25, 0.3) is 0 Å². The molecule has 1 aromatic heterocycles. The zero-order valence-corrected chi connectivity index (χ0v) is 16.9. The fourth-order valence-corrected chi connectivity index (χ4v) is 3.76. The number of carbonyl (C=O) groups excluding carboxylic acids is 3. The first kappa shape index (κ1) is 19.2. The van der Waals surface area contributed by atoms with Gasteiger partial charge in [0.1, 0.15) is 23.7 Å². The van der Waals surface area contributed by atoms with E-state index in [1.807, 2.05) is 24.3 Å². The number of carbonyl (C=O) groups is 3. The predicted octanol–water partition coefficient (Wildman–Crippen LogP) is 4.01. The second-order valence-electron chi connectivity index (χ2n) is 6.92. The lowest BCUT2D eigenvalue weighted by atomic mass is 10.0. The lowest BCUT2D eigenvalue weighted by molar-refractivity contribution is -0.125. The number of fused-ring (bicyclic) bond motifs is 1. The average molecular weight is 453 g/mol. The first-order valence-electron chi connectivity index (χ1n) is 9.09. The molecule has 0 radical (unpaired) electrons. The van der Waals surface area contributed by atoms with Crippen molar-refractivity contribution in [2.45, 2.75) is 19.3 Å². The highest BCUT2D eigenvalue weighted by Crippen LogP contribution is 2.27. The lowest BCUT2D eigenvalue weighted by Gasteiger charge is -2.11. The first-order chi connectivity index (χ1) is 14.0. The Morgan fingerprint density at radius 3 is 2.72 bits per heavy atom. The van der Waals surface area contributed by atoms with Gasteiger partial charge in [-0.25, -0.2) is 9.97 Å². The summed E-state index contributed by atoms with van der Waals surface area (Å²) in [6.45, 7) is 0. The Morgan fingerprint density at radius 1 is 1.10 bits per heavy atom. The highest BCUT2D eigenvalue weighted by molar-refractivity contribution is 9.10. The van der Waals surface area contributed by atoms with Gasteiger partial charge in [-0.3, -0.25) is 14.4 Å². The van der Waals surface area contributed by atoms with Crippen molar-refractivity contribution in [3.05, 3.63) is 53.3 Å². The van der Waals surface area contributed by atoms with Gasteiger partial charge in [-0.05, 0) is 36.4 Å². The molecular formula is C21H17BrN4O3. The normalized spacial score (nSPS) is 16.2. The van der Waals surface area contributed by atoms with E-state index in [1.165, 1.54) is 6.33 Å². The fourth-order valence-electron chi connectivity index (χ4n) is 3.36. The van der Waals surface area contributed by atoms with Gasteiger partial charge in [-0.15, -0.1) is 0 Å². The SMILES string of the molecule is O=C1CC(=O)C(CC(=O)Nc2ccc3ncnc(Nc4cccc(Br)c4)c3c2)C1. The van der Waals surface area contributed by atoms with Gasteiger partial charge in [0, 0.05) is 40.0 Å². The van der Waals surface area contributed by atoms with Crippen LogP contribution in [0.25, 0.3) is 10.9 Å². The van der Waals surface area contributed by atoms with Gasteiger partial charge in [-0.1, -0.05) is 22.0 Å². The van der Waals surface area contributed by atoms with E-state index in [0.717, 1.165) is 21.1 Å². The molecule has 0 bridgehead atoms. The van der Waals surface area contributed by atoms with E-state index in [0.29, 0.717) is 11.5 Å². The molecule has 1 amide bonds. The van der Waals surface area contributed by atoms with Gasteiger partial charge in [-0.2, -0.15) is 0 Å². The Hall–Kier alpha value is -3.13. The van der Waals surface area contributed by atoms with E-state index < -0.39 is 5.92 Å². The average Bonchev–Trinajstić information content (AvgIpc) is 2.99. The molecule has 1 saturated carbocycles. The Morgan fingerprint density at radius 2 is 1.97 bits per heavy atom. The summed E-state index contributed by atoms with van der Waals surface area (Å²) >= 11 is 3.44. The number of anilines is 3. The van der Waals surface area contributed by atoms with Crippen molar-refractivity contribution in [2.24, 2.45) is 5.92 Å². The molecule has 1 unspecified atom stereocenters. The van der Waals surface area contributed by atoms with Crippen molar-refractivity contribution < 1.29 is 14.4 Å². The van der Waals surface area contributed by atoms with E-state index in [2.05, 4.69) is 36.5 Å². The third-order valence-electron chi connectivity index (χ3n) is 4.74. The minimum atomic E-state index is -0.514. The van der Waals surface area contributed by atoms with E-state index in [4.69, 9.17) is 0 Å². The topological polar surface area (TPSA) is 101 Å². The van der Waals surface area contributed by atoms with Crippen LogP contribution in [0.15, 0.2) is 53.3 Å². The summed E-state index contributed by atoms with van der Waals surface area (Å²) < 4.78 is 0.939. The molecule has 4 rings (SSSR count). The second-order valence-corrected chi connectivity index (χ2v) is 7.84. The molecule has 0 spiro atoms. The smallest absolute Gasteiger partial charge is 0.225 e. The Balaban J connectivity index is 1.54. The fraction of sp³-hybridized carbons (Fsp3) is 0.190. The standard InChI is InChI=1S/C21H17BrN4O3/c22-13-2-1-3-14(8-13)26-21-17-9-15(4-5-18(17)23-11-24-21)25-20(29)7-12-6-16(27)10-19(12)28/h1-5,8-9,11-12H,6-7,10H2,(H,25,29)(H,23,24,26). The summed E-state index contributed by atoms with van der Waals surface area (Å²) in [7, 11) is 0. The summed E-state index contributed by atoms with van der Waals surface area (Å²) in [6.07, 6.45) is 1.58. The van der Waals surface area contributed by atoms with Crippen LogP contribution in [0.2, 0.25) is 0 Å². The molecule has 0 saturated heterocycles. The maximum Gasteiger partial charge on any atom is 0.225 e. The Kier molecular flexibility index (Phi) is 5.35. The Labute approximate surface area is 175 Å². The molecule has 1 atom stereocenters. The van der Waals surface area contributed by atoms with Crippen LogP contribution in [0.3, 0.4) is 0 Å². The molecule has 2 N–H and O–H groups in total. The number of halogens is 1. The van der Waals surface area contributed by atoms with Gasteiger partial charge >= 0.3 is 0 Å². The monoisotopic (exact) mass is 452 g/mol. The summed E-state index contributed by atoms with van der Waals surface area (Å²) in [4.78, 5) is 44.1. The minimum absolute atomic E-state index is 0.0110. The lowest BCUT2D eigenvalue weighted by Crippen LogP contribution is -2.18. The number of nitrogens with zero attached hydrogens (tertiary/aromatic N) is 2. The second kappa shape index (κ2) is 8.08. The van der Waals surface area contributed by atoms with Crippen LogP contribution in [0, 0.1) is 5.92 Å². The summed E-state index contributed by atoms with van der Waals surface area (Å²) in [5.74, 6) is -0.451. The van der Waals surface area contributed by atoms with E-state index in [9.17, 15) is 14.4 Å². The molecular weight excluding hydrogens is 436 g/mol. The number of hydrogen-bond acceptors (Lipinski definition) is 6. The van der Waals surface area contributed by atoms with Gasteiger partial charge in [0.15, 0.2) is 0 Å². The summed E-state index contributed by atoms with van der Waals surface area (Å²) in [5.41, 5.74) is 2.16. The molecule has 3 aromatic rings. The van der Waals surface area contributed by atoms with Crippen molar-refractivity contribution in [3.8, 4) is 0 Å². The third-order valence-corrected chi connectivity index (χ3v) is 5.23. The molecule has 29 heavy (non-hydrogen) atoms. The predicted molar refractivity (Wildman–Crippen MR) is 113 cm³/mol. The number of benzene rings is 2. The molecule has 0 aliphatic heterocycles. The van der Waals surface area contributed by atoms with Crippen molar-refractivity contribution in [1.82, 2.24) is 9.97 Å². The van der Waals surface area contributed by atoms with Gasteiger partial charge in [0.05, 0.1) is 11.9 Å². The minimum Gasteiger partial charge on any atom is -0.340 e. The number of rotatable bonds is 5. The van der Waals surface area contributed by atoms with Crippen LogP contribution in [0.4, 0.5) is 17.2 Å². The molecule has 1 heterocycles. The van der Waals surface area contributed by atoms with Crippen molar-refractivity contribution in [3.63, 3.8) is 0 Å². The highest BCUT2D eigenvalue weighted by atomic mass is 79.9. The number of hydrogen-bond donors (Lipinski definition) is 2. The molecule has 146 valence electrons. The number of ketones is 2. The van der Waals surface area contributed by atoms with Gasteiger partial charge < -0.3 is 10.6 Å². The maximum absolute atomic E-state index is 12.3. The summed E-state index contributed by atoms with van der Waals surface area (Å²) in [5, 5.41) is 6.81. The largest absolute Gasteiger partial charge is 0.340 e. The number of aromatic nitrogens is 2. The van der Waals surface area contributed by atoms with Crippen molar-refractivity contribution >= 4 is 61.5 Å². The Bertz CT molecular complexity index is 1130. The molecule has 8 heteroatoms. The first-order valence-corrected chi connectivity index (χ1v) is 9.89. The van der Waals surface area contributed by atoms with Crippen LogP contribution in [0.5, 0.6) is 0 Å². The van der Waals surface area contributed by atoms with E-state index in [-0.39, 0.29) is 36.7 Å². The van der Waals surface area contributed by atoms with E-state index >= 15 is 0 Å². The zero-order valence-electron chi connectivity index (χ0n) is 15.3.